The summed E-state index contributed by atoms with van der Waals surface area (Å²) in [6.45, 7) is 8.27. The first kappa shape index (κ1) is 13.5. The first-order valence-electron chi connectivity index (χ1n) is 6.58. The molecule has 1 amide bonds. The Labute approximate surface area is 99.4 Å². The second-order valence-corrected chi connectivity index (χ2v) is 5.51. The first-order valence-corrected chi connectivity index (χ1v) is 6.58. The molecule has 0 aromatic carbocycles. The molecular formula is C13H26N2O. The molecule has 0 aromatic heterocycles. The highest BCUT2D eigenvalue weighted by Gasteiger charge is 2.35. The summed E-state index contributed by atoms with van der Waals surface area (Å²) in [5.41, 5.74) is -0.307. The minimum absolute atomic E-state index is 0.176. The Morgan fingerprint density at radius 3 is 2.75 bits per heavy atom. The largest absolute Gasteiger partial charge is 0.355 e. The molecule has 1 rings (SSSR count). The van der Waals surface area contributed by atoms with Crippen LogP contribution in [-0.4, -0.2) is 24.5 Å². The van der Waals surface area contributed by atoms with Gasteiger partial charge in [0.1, 0.15) is 0 Å². The lowest BCUT2D eigenvalue weighted by Gasteiger charge is -2.23. The molecule has 1 saturated heterocycles. The summed E-state index contributed by atoms with van der Waals surface area (Å²) in [6.07, 6.45) is 5.63. The maximum absolute atomic E-state index is 11.9. The van der Waals surface area contributed by atoms with E-state index in [-0.39, 0.29) is 11.4 Å². The Hall–Kier alpha value is -0.570. The lowest BCUT2D eigenvalue weighted by atomic mass is 9.99. The molecule has 0 spiro atoms. The Balaban J connectivity index is 2.10. The Bertz CT molecular complexity index is 220. The van der Waals surface area contributed by atoms with Gasteiger partial charge in [0.25, 0.3) is 0 Å². The van der Waals surface area contributed by atoms with Crippen LogP contribution < -0.4 is 10.6 Å². The van der Waals surface area contributed by atoms with E-state index in [1.807, 2.05) is 6.92 Å². The van der Waals surface area contributed by atoms with Crippen LogP contribution in [0.25, 0.3) is 0 Å². The first-order chi connectivity index (χ1) is 7.54. The minimum Gasteiger partial charge on any atom is -0.355 e. The Morgan fingerprint density at radius 1 is 1.44 bits per heavy atom. The molecule has 16 heavy (non-hydrogen) atoms. The molecule has 1 heterocycles. The molecule has 0 bridgehead atoms. The summed E-state index contributed by atoms with van der Waals surface area (Å²) in [4.78, 5) is 11.9. The smallest absolute Gasteiger partial charge is 0.240 e. The van der Waals surface area contributed by atoms with Crippen LogP contribution in [-0.2, 0) is 4.79 Å². The summed E-state index contributed by atoms with van der Waals surface area (Å²) in [7, 11) is 0. The highest BCUT2D eigenvalue weighted by atomic mass is 16.2. The van der Waals surface area contributed by atoms with Gasteiger partial charge in [-0.15, -0.1) is 0 Å². The van der Waals surface area contributed by atoms with Gasteiger partial charge in [0.05, 0.1) is 5.54 Å². The van der Waals surface area contributed by atoms with E-state index in [2.05, 4.69) is 24.5 Å². The number of unbranched alkanes of at least 4 members (excludes halogenated alkanes) is 1. The fourth-order valence-electron chi connectivity index (χ4n) is 2.16. The Morgan fingerprint density at radius 2 is 2.19 bits per heavy atom. The molecule has 0 aromatic rings. The third-order valence-corrected chi connectivity index (χ3v) is 3.36. The van der Waals surface area contributed by atoms with Crippen LogP contribution in [0.2, 0.25) is 0 Å². The van der Waals surface area contributed by atoms with Crippen molar-refractivity contribution in [2.45, 2.75) is 58.4 Å². The number of carbonyl (C=O) groups is 1. The lowest BCUT2D eigenvalue weighted by molar-refractivity contribution is -0.126. The van der Waals surface area contributed by atoms with E-state index in [1.54, 1.807) is 0 Å². The van der Waals surface area contributed by atoms with Crippen LogP contribution >= 0.6 is 0 Å². The maximum Gasteiger partial charge on any atom is 0.240 e. The molecule has 94 valence electrons. The zero-order valence-corrected chi connectivity index (χ0v) is 10.9. The standard InChI is InChI=1S/C13H26N2O/c1-11(2)7-4-5-9-14-12(16)13(3)8-6-10-15-13/h11,15H,4-10H2,1-3H3,(H,14,16). The van der Waals surface area contributed by atoms with Crippen molar-refractivity contribution >= 4 is 5.91 Å². The summed E-state index contributed by atoms with van der Waals surface area (Å²) >= 11 is 0. The molecule has 0 aliphatic carbocycles. The van der Waals surface area contributed by atoms with Crippen molar-refractivity contribution in [3.63, 3.8) is 0 Å². The number of carbonyl (C=O) groups excluding carboxylic acids is 1. The van der Waals surface area contributed by atoms with E-state index in [9.17, 15) is 4.79 Å². The molecule has 1 atom stereocenters. The van der Waals surface area contributed by atoms with Gasteiger partial charge in [0.15, 0.2) is 0 Å². The van der Waals surface area contributed by atoms with Crippen LogP contribution in [0, 0.1) is 5.92 Å². The van der Waals surface area contributed by atoms with Crippen molar-refractivity contribution in [3.8, 4) is 0 Å². The van der Waals surface area contributed by atoms with Gasteiger partial charge < -0.3 is 10.6 Å². The van der Waals surface area contributed by atoms with Crippen molar-refractivity contribution < 1.29 is 4.79 Å². The molecule has 0 radical (unpaired) electrons. The number of hydrogen-bond acceptors (Lipinski definition) is 2. The van der Waals surface area contributed by atoms with Crippen molar-refractivity contribution in [1.82, 2.24) is 10.6 Å². The van der Waals surface area contributed by atoms with Gasteiger partial charge in [-0.05, 0) is 38.6 Å². The van der Waals surface area contributed by atoms with Crippen LogP contribution in [0.1, 0.15) is 52.9 Å². The van der Waals surface area contributed by atoms with Gasteiger partial charge in [-0.1, -0.05) is 26.7 Å². The number of nitrogens with one attached hydrogen (secondary N) is 2. The number of rotatable bonds is 6. The van der Waals surface area contributed by atoms with Crippen LogP contribution in [0.4, 0.5) is 0 Å². The zero-order valence-electron chi connectivity index (χ0n) is 10.9. The molecule has 1 unspecified atom stereocenters. The molecule has 1 aliphatic rings. The second kappa shape index (κ2) is 6.24. The van der Waals surface area contributed by atoms with Crippen LogP contribution in [0.15, 0.2) is 0 Å². The lowest BCUT2D eigenvalue weighted by Crippen LogP contribution is -2.51. The van der Waals surface area contributed by atoms with Crippen molar-refractivity contribution in [2.24, 2.45) is 5.92 Å². The fourth-order valence-corrected chi connectivity index (χ4v) is 2.16. The molecule has 2 N–H and O–H groups in total. The Kier molecular flexibility index (Phi) is 5.26. The molecule has 1 fully saturated rings. The van der Waals surface area contributed by atoms with Crippen molar-refractivity contribution in [1.29, 1.82) is 0 Å². The number of hydrogen-bond donors (Lipinski definition) is 2. The summed E-state index contributed by atoms with van der Waals surface area (Å²) < 4.78 is 0. The second-order valence-electron chi connectivity index (χ2n) is 5.51. The summed E-state index contributed by atoms with van der Waals surface area (Å²) in [6, 6.07) is 0. The van der Waals surface area contributed by atoms with E-state index in [0.717, 1.165) is 38.3 Å². The molecule has 0 saturated carbocycles. The average Bonchev–Trinajstić information content (AvgIpc) is 2.65. The minimum atomic E-state index is -0.307. The summed E-state index contributed by atoms with van der Waals surface area (Å²) in [5.74, 6) is 0.944. The highest BCUT2D eigenvalue weighted by molar-refractivity contribution is 5.86. The third-order valence-electron chi connectivity index (χ3n) is 3.36. The molecular weight excluding hydrogens is 200 g/mol. The van der Waals surface area contributed by atoms with E-state index >= 15 is 0 Å². The van der Waals surface area contributed by atoms with Gasteiger partial charge in [-0.2, -0.15) is 0 Å². The van der Waals surface area contributed by atoms with Crippen LogP contribution in [0.5, 0.6) is 0 Å². The predicted molar refractivity (Wildman–Crippen MR) is 67.3 cm³/mol. The normalized spacial score (nSPS) is 25.0. The van der Waals surface area contributed by atoms with E-state index in [1.165, 1.54) is 12.8 Å². The molecule has 1 aliphatic heterocycles. The van der Waals surface area contributed by atoms with Gasteiger partial charge in [0, 0.05) is 6.54 Å². The molecule has 3 nitrogen and oxygen atoms in total. The van der Waals surface area contributed by atoms with E-state index in [4.69, 9.17) is 0 Å². The number of amides is 1. The average molecular weight is 226 g/mol. The highest BCUT2D eigenvalue weighted by Crippen LogP contribution is 2.18. The quantitative estimate of drug-likeness (QED) is 0.681. The van der Waals surface area contributed by atoms with Gasteiger partial charge in [-0.25, -0.2) is 0 Å². The third kappa shape index (κ3) is 4.12. The zero-order chi connectivity index (χ0) is 12.0. The van der Waals surface area contributed by atoms with Gasteiger partial charge in [-0.3, -0.25) is 4.79 Å². The molecule has 3 heteroatoms. The SMILES string of the molecule is CC(C)CCCCNC(=O)C1(C)CCCN1. The van der Waals surface area contributed by atoms with Crippen molar-refractivity contribution in [2.75, 3.05) is 13.1 Å². The monoisotopic (exact) mass is 226 g/mol. The fraction of sp³-hybridized carbons (Fsp3) is 0.923. The van der Waals surface area contributed by atoms with E-state index in [0.29, 0.717) is 0 Å². The topological polar surface area (TPSA) is 41.1 Å². The van der Waals surface area contributed by atoms with Gasteiger partial charge in [0.2, 0.25) is 5.91 Å². The van der Waals surface area contributed by atoms with Gasteiger partial charge >= 0.3 is 0 Å². The van der Waals surface area contributed by atoms with E-state index < -0.39 is 0 Å². The summed E-state index contributed by atoms with van der Waals surface area (Å²) in [5, 5.41) is 6.32. The van der Waals surface area contributed by atoms with Crippen molar-refractivity contribution in [3.05, 3.63) is 0 Å². The van der Waals surface area contributed by atoms with Crippen LogP contribution in [0.3, 0.4) is 0 Å². The maximum atomic E-state index is 11.9. The predicted octanol–water partition coefficient (Wildman–Crippen LogP) is 2.07.